The first-order valence-corrected chi connectivity index (χ1v) is 12.8. The Hall–Kier alpha value is -3.76. The molecule has 0 radical (unpaired) electrons. The first-order chi connectivity index (χ1) is 19.9. The summed E-state index contributed by atoms with van der Waals surface area (Å²) in [5.41, 5.74) is 0.209. The van der Waals surface area contributed by atoms with Crippen molar-refractivity contribution >= 4 is 21.9 Å². The molecule has 5 heterocycles. The van der Waals surface area contributed by atoms with Gasteiger partial charge in [0, 0.05) is 53.3 Å². The highest BCUT2D eigenvalue weighted by atomic mass is 19.1. The quantitative estimate of drug-likeness (QED) is 0.332. The molecular weight excluding hydrogens is 502 g/mol. The van der Waals surface area contributed by atoms with E-state index in [1.54, 1.807) is 23.7 Å². The lowest BCUT2D eigenvalue weighted by molar-refractivity contribution is 0.0542. The molecular formula is C29H30F2N6O2. The van der Waals surface area contributed by atoms with E-state index < -0.39 is 30.1 Å². The van der Waals surface area contributed by atoms with Crippen molar-refractivity contribution in [3.8, 4) is 11.3 Å². The van der Waals surface area contributed by atoms with Crippen LogP contribution in [0.4, 0.5) is 8.78 Å². The van der Waals surface area contributed by atoms with Crippen LogP contribution in [0.2, 0.25) is 0 Å². The van der Waals surface area contributed by atoms with Crippen LogP contribution >= 0.6 is 0 Å². The van der Waals surface area contributed by atoms with Gasteiger partial charge in [0.15, 0.2) is 5.82 Å². The Morgan fingerprint density at radius 2 is 1.97 bits per heavy atom. The van der Waals surface area contributed by atoms with Crippen molar-refractivity contribution in [3.05, 3.63) is 71.3 Å². The molecule has 0 unspecified atom stereocenters. The largest absolute Gasteiger partial charge is 0.386 e. The van der Waals surface area contributed by atoms with Gasteiger partial charge in [0.1, 0.15) is 5.82 Å². The number of halogens is 2. The van der Waals surface area contributed by atoms with Gasteiger partial charge in [-0.1, -0.05) is 17.3 Å². The highest BCUT2D eigenvalue weighted by Gasteiger charge is 2.35. The number of hydrogen-bond donors (Lipinski definition) is 1. The van der Waals surface area contributed by atoms with E-state index in [-0.39, 0.29) is 34.1 Å². The van der Waals surface area contributed by atoms with E-state index in [2.05, 4.69) is 20.3 Å². The number of hydrogen-bond acceptors (Lipinski definition) is 6. The number of aromatic nitrogens is 6. The minimum Gasteiger partial charge on any atom is -0.386 e. The number of pyridine rings is 2. The summed E-state index contributed by atoms with van der Waals surface area (Å²) in [5, 5.41) is 19.1. The van der Waals surface area contributed by atoms with Crippen LogP contribution in [0.1, 0.15) is 53.8 Å². The maximum Gasteiger partial charge on any atom is 0.153 e. The molecule has 0 bridgehead atoms. The van der Waals surface area contributed by atoms with Crippen molar-refractivity contribution in [2.45, 2.75) is 45.2 Å². The van der Waals surface area contributed by atoms with Gasteiger partial charge in [-0.25, -0.2) is 13.5 Å². The van der Waals surface area contributed by atoms with Crippen molar-refractivity contribution in [2.24, 2.45) is 13.0 Å². The van der Waals surface area contributed by atoms with Gasteiger partial charge in [-0.3, -0.25) is 9.97 Å². The first kappa shape index (κ1) is 22.1. The van der Waals surface area contributed by atoms with Gasteiger partial charge in [-0.2, -0.15) is 0 Å². The zero-order valence-electron chi connectivity index (χ0n) is 24.8. The predicted octanol–water partition coefficient (Wildman–Crippen LogP) is 5.21. The van der Waals surface area contributed by atoms with E-state index in [0.717, 1.165) is 0 Å². The summed E-state index contributed by atoms with van der Waals surface area (Å²) >= 11 is 0. The minimum absolute atomic E-state index is 0.0759. The van der Waals surface area contributed by atoms with Gasteiger partial charge in [0.05, 0.1) is 45.3 Å². The number of nitrogens with zero attached hydrogens (tertiary/aromatic N) is 6. The van der Waals surface area contributed by atoms with Crippen molar-refractivity contribution in [1.82, 2.24) is 29.5 Å². The van der Waals surface area contributed by atoms with Gasteiger partial charge in [-0.15, -0.1) is 5.10 Å². The summed E-state index contributed by atoms with van der Waals surface area (Å²) in [6, 6.07) is 7.02. The van der Waals surface area contributed by atoms with Crippen LogP contribution in [-0.4, -0.2) is 47.8 Å². The topological polar surface area (TPSA) is 90.9 Å². The van der Waals surface area contributed by atoms with Crippen molar-refractivity contribution in [3.63, 3.8) is 0 Å². The summed E-state index contributed by atoms with van der Waals surface area (Å²) in [7, 11) is 1.58. The number of rotatable bonds is 5. The van der Waals surface area contributed by atoms with Crippen LogP contribution in [0.5, 0.6) is 0 Å². The molecule has 1 aliphatic rings. The molecule has 1 aromatic carbocycles. The lowest BCUT2D eigenvalue weighted by Gasteiger charge is -2.32. The SMILES string of the molecule is [2H]C([2H])([2H])c1nnn(C)c1-c1cnc2c3ccc(C(C)(C)O)c(F)c3n([C@H](c3ncccc3F)C3CCOCC3)c2c1. The average Bonchev–Trinajstić information content (AvgIpc) is 3.48. The zero-order valence-corrected chi connectivity index (χ0v) is 21.8. The Morgan fingerprint density at radius 1 is 1.18 bits per heavy atom. The molecule has 202 valence electrons. The van der Waals surface area contributed by atoms with E-state index >= 15 is 8.78 Å². The van der Waals surface area contributed by atoms with Gasteiger partial charge < -0.3 is 14.4 Å². The van der Waals surface area contributed by atoms with Gasteiger partial charge in [-0.05, 0) is 57.7 Å². The summed E-state index contributed by atoms with van der Waals surface area (Å²) in [6.45, 7) is 1.37. The maximum absolute atomic E-state index is 16.6. The molecule has 4 aromatic heterocycles. The van der Waals surface area contributed by atoms with Gasteiger partial charge in [0.2, 0.25) is 0 Å². The Balaban J connectivity index is 1.74. The van der Waals surface area contributed by atoms with Crippen molar-refractivity contribution in [1.29, 1.82) is 0 Å². The molecule has 39 heavy (non-hydrogen) atoms. The van der Waals surface area contributed by atoms with E-state index in [0.29, 0.717) is 48.0 Å². The molecule has 1 atom stereocenters. The molecule has 10 heteroatoms. The van der Waals surface area contributed by atoms with Crippen LogP contribution in [0, 0.1) is 24.4 Å². The highest BCUT2D eigenvalue weighted by molar-refractivity contribution is 6.07. The van der Waals surface area contributed by atoms with E-state index in [1.807, 2.05) is 0 Å². The Kier molecular flexibility index (Phi) is 5.36. The van der Waals surface area contributed by atoms with Gasteiger partial charge in [0.25, 0.3) is 0 Å². The monoisotopic (exact) mass is 535 g/mol. The summed E-state index contributed by atoms with van der Waals surface area (Å²) in [4.78, 5) is 9.12. The summed E-state index contributed by atoms with van der Waals surface area (Å²) in [5.74, 6) is -1.36. The molecule has 1 fully saturated rings. The Bertz CT molecular complexity index is 1810. The molecule has 8 nitrogen and oxygen atoms in total. The zero-order chi connectivity index (χ0) is 30.0. The fourth-order valence-electron chi connectivity index (χ4n) is 5.73. The van der Waals surface area contributed by atoms with Gasteiger partial charge >= 0.3 is 0 Å². The first-order valence-electron chi connectivity index (χ1n) is 14.3. The fraction of sp³-hybridized carbons (Fsp3) is 0.379. The summed E-state index contributed by atoms with van der Waals surface area (Å²) < 4.78 is 64.8. The molecule has 0 saturated carbocycles. The minimum atomic E-state index is -2.54. The Morgan fingerprint density at radius 3 is 2.69 bits per heavy atom. The lowest BCUT2D eigenvalue weighted by Crippen LogP contribution is -2.28. The van der Waals surface area contributed by atoms with Crippen LogP contribution in [0.25, 0.3) is 33.2 Å². The highest BCUT2D eigenvalue weighted by Crippen LogP contribution is 2.43. The molecule has 5 aromatic rings. The molecule has 0 spiro atoms. The van der Waals surface area contributed by atoms with Crippen molar-refractivity contribution < 1.29 is 22.7 Å². The molecule has 1 N–H and O–H groups in total. The number of aryl methyl sites for hydroxylation is 2. The number of benzene rings is 1. The normalized spacial score (nSPS) is 17.3. The van der Waals surface area contributed by atoms with Crippen LogP contribution in [0.3, 0.4) is 0 Å². The van der Waals surface area contributed by atoms with E-state index in [9.17, 15) is 5.11 Å². The van der Waals surface area contributed by atoms with E-state index in [4.69, 9.17) is 8.85 Å². The number of fused-ring (bicyclic) bond motifs is 3. The molecule has 0 amide bonds. The third-order valence-electron chi connectivity index (χ3n) is 7.56. The van der Waals surface area contributed by atoms with Crippen LogP contribution in [-0.2, 0) is 17.4 Å². The second-order valence-corrected chi connectivity index (χ2v) is 10.5. The van der Waals surface area contributed by atoms with Crippen LogP contribution in [0.15, 0.2) is 42.7 Å². The van der Waals surface area contributed by atoms with E-state index in [1.165, 1.54) is 49.1 Å². The molecule has 1 saturated heterocycles. The van der Waals surface area contributed by atoms with Crippen LogP contribution < -0.4 is 0 Å². The molecule has 1 aliphatic heterocycles. The lowest BCUT2D eigenvalue weighted by atomic mass is 9.88. The van der Waals surface area contributed by atoms with Crippen molar-refractivity contribution in [2.75, 3.05) is 13.2 Å². The number of ether oxygens (including phenoxy) is 1. The summed E-state index contributed by atoms with van der Waals surface area (Å²) in [6.07, 6.45) is 4.17. The Labute approximate surface area is 228 Å². The third-order valence-corrected chi connectivity index (χ3v) is 7.56. The number of aliphatic hydroxyl groups is 1. The maximum atomic E-state index is 16.6. The average molecular weight is 536 g/mol. The smallest absolute Gasteiger partial charge is 0.153 e. The fourth-order valence-corrected chi connectivity index (χ4v) is 5.73. The second-order valence-electron chi connectivity index (χ2n) is 10.5. The molecule has 0 aliphatic carbocycles. The standard InChI is InChI=1S/C29H30F2N6O2/c1-16-26(36(4)35-34-16)18-14-22-24(33-15-18)19-7-8-20(29(2,3)38)23(31)28(19)37(22)27(17-9-12-39-13-10-17)25-21(30)6-5-11-32-25/h5-8,11,14-15,17,27,38H,9-10,12-13H2,1-4H3/t27-/m0/s1/i1D3. The predicted molar refractivity (Wildman–Crippen MR) is 143 cm³/mol. The molecule has 6 rings (SSSR count). The second kappa shape index (κ2) is 9.46. The third kappa shape index (κ3) is 4.18.